The molecule has 0 radical (unpaired) electrons. The maximum Gasteiger partial charge on any atom is 0.337 e. The minimum atomic E-state index is -0.967. The average Bonchev–Trinajstić information content (AvgIpc) is 2.89. The second-order valence-electron chi connectivity index (χ2n) is 4.89. The van der Waals surface area contributed by atoms with Gasteiger partial charge in [-0.05, 0) is 31.2 Å². The zero-order valence-electron chi connectivity index (χ0n) is 12.0. The molecule has 3 aromatic rings. The highest BCUT2D eigenvalue weighted by molar-refractivity contribution is 5.95. The van der Waals surface area contributed by atoms with Crippen LogP contribution >= 0.6 is 0 Å². The summed E-state index contributed by atoms with van der Waals surface area (Å²) >= 11 is 0. The van der Waals surface area contributed by atoms with Crippen molar-refractivity contribution in [2.24, 2.45) is 0 Å². The summed E-state index contributed by atoms with van der Waals surface area (Å²) in [7, 11) is 0. The quantitative estimate of drug-likeness (QED) is 0.771. The Balaban J connectivity index is 2.03. The lowest BCUT2D eigenvalue weighted by atomic mass is 10.2. The van der Waals surface area contributed by atoms with Gasteiger partial charge in [-0.3, -0.25) is 0 Å². The summed E-state index contributed by atoms with van der Waals surface area (Å²) in [5.41, 5.74) is 2.51. The van der Waals surface area contributed by atoms with E-state index in [4.69, 9.17) is 0 Å². The number of benzene rings is 2. The number of aromatic nitrogens is 2. The SMILES string of the molecule is Cc1cc(Nc2ccccc2C(=O)O)n(-c2ccccc2)n1. The molecule has 0 aliphatic heterocycles. The Bertz CT molecular complexity index is 810. The van der Waals surface area contributed by atoms with Gasteiger partial charge >= 0.3 is 5.97 Å². The smallest absolute Gasteiger partial charge is 0.337 e. The Morgan fingerprint density at radius 3 is 2.50 bits per heavy atom. The summed E-state index contributed by atoms with van der Waals surface area (Å²) in [6, 6.07) is 18.4. The summed E-state index contributed by atoms with van der Waals surface area (Å²) in [6.45, 7) is 1.90. The van der Waals surface area contributed by atoms with Gasteiger partial charge in [0.05, 0.1) is 22.6 Å². The molecule has 0 unspecified atom stereocenters. The largest absolute Gasteiger partial charge is 0.478 e. The Morgan fingerprint density at radius 1 is 1.09 bits per heavy atom. The maximum atomic E-state index is 11.3. The number of carboxylic acid groups (broad SMARTS) is 1. The van der Waals surface area contributed by atoms with Crippen molar-refractivity contribution in [1.29, 1.82) is 0 Å². The summed E-state index contributed by atoms with van der Waals surface area (Å²) < 4.78 is 1.76. The van der Waals surface area contributed by atoms with Gasteiger partial charge in [-0.2, -0.15) is 5.10 Å². The van der Waals surface area contributed by atoms with E-state index >= 15 is 0 Å². The lowest BCUT2D eigenvalue weighted by Gasteiger charge is -2.11. The van der Waals surface area contributed by atoms with Crippen LogP contribution in [0, 0.1) is 6.92 Å². The van der Waals surface area contributed by atoms with Crippen molar-refractivity contribution in [3.8, 4) is 5.69 Å². The zero-order chi connectivity index (χ0) is 15.5. The lowest BCUT2D eigenvalue weighted by Crippen LogP contribution is -2.06. The van der Waals surface area contributed by atoms with Crippen LogP contribution < -0.4 is 5.32 Å². The van der Waals surface area contributed by atoms with Crippen molar-refractivity contribution in [2.75, 3.05) is 5.32 Å². The Hall–Kier alpha value is -3.08. The first-order valence-electron chi connectivity index (χ1n) is 6.86. The highest BCUT2D eigenvalue weighted by atomic mass is 16.4. The van der Waals surface area contributed by atoms with Crippen molar-refractivity contribution in [2.45, 2.75) is 6.92 Å². The number of nitrogens with zero attached hydrogens (tertiary/aromatic N) is 2. The number of carboxylic acids is 1. The highest BCUT2D eigenvalue weighted by Crippen LogP contribution is 2.24. The topological polar surface area (TPSA) is 67.2 Å². The number of hydrogen-bond donors (Lipinski definition) is 2. The van der Waals surface area contributed by atoms with Crippen molar-refractivity contribution in [3.63, 3.8) is 0 Å². The standard InChI is InChI=1S/C17H15N3O2/c1-12-11-16(20(19-12)13-7-3-2-4-8-13)18-15-10-6-5-9-14(15)17(21)22/h2-11,18H,1H3,(H,21,22). The molecule has 0 amide bonds. The molecule has 5 nitrogen and oxygen atoms in total. The molecule has 0 atom stereocenters. The molecule has 0 bridgehead atoms. The fraction of sp³-hybridized carbons (Fsp3) is 0.0588. The number of para-hydroxylation sites is 2. The summed E-state index contributed by atoms with van der Waals surface area (Å²) in [4.78, 5) is 11.3. The van der Waals surface area contributed by atoms with Crippen molar-refractivity contribution in [1.82, 2.24) is 9.78 Å². The molecule has 0 saturated carbocycles. The molecule has 2 aromatic carbocycles. The average molecular weight is 293 g/mol. The summed E-state index contributed by atoms with van der Waals surface area (Å²) in [5.74, 6) is -0.247. The number of carbonyl (C=O) groups is 1. The van der Waals surface area contributed by atoms with Crippen molar-refractivity contribution >= 4 is 17.5 Å². The molecule has 2 N–H and O–H groups in total. The van der Waals surface area contributed by atoms with Gasteiger partial charge in [-0.25, -0.2) is 9.48 Å². The molecular weight excluding hydrogens is 278 g/mol. The third kappa shape index (κ3) is 2.69. The molecular formula is C17H15N3O2. The molecule has 0 aliphatic rings. The molecule has 3 rings (SSSR count). The van der Waals surface area contributed by atoms with E-state index in [9.17, 15) is 9.90 Å². The van der Waals surface area contributed by atoms with Crippen LogP contribution in [0.4, 0.5) is 11.5 Å². The third-order valence-corrected chi connectivity index (χ3v) is 3.25. The van der Waals surface area contributed by atoms with Gasteiger partial charge in [0.15, 0.2) is 0 Å². The van der Waals surface area contributed by atoms with E-state index in [0.717, 1.165) is 17.2 Å². The first-order chi connectivity index (χ1) is 10.6. The van der Waals surface area contributed by atoms with E-state index < -0.39 is 5.97 Å². The minimum absolute atomic E-state index is 0.223. The van der Waals surface area contributed by atoms with E-state index in [1.165, 1.54) is 0 Å². The summed E-state index contributed by atoms with van der Waals surface area (Å²) in [5, 5.41) is 16.9. The number of rotatable bonds is 4. The van der Waals surface area contributed by atoms with E-state index in [-0.39, 0.29) is 5.56 Å². The Labute approximate surface area is 127 Å². The molecule has 5 heteroatoms. The van der Waals surface area contributed by atoms with Gasteiger partial charge in [0.2, 0.25) is 0 Å². The Morgan fingerprint density at radius 2 is 1.77 bits per heavy atom. The summed E-state index contributed by atoms with van der Waals surface area (Å²) in [6.07, 6.45) is 0. The van der Waals surface area contributed by atoms with E-state index in [0.29, 0.717) is 5.69 Å². The predicted octanol–water partition coefficient (Wildman–Crippen LogP) is 3.62. The van der Waals surface area contributed by atoms with E-state index in [1.807, 2.05) is 43.3 Å². The van der Waals surface area contributed by atoms with Gasteiger partial charge in [0, 0.05) is 6.07 Å². The van der Waals surface area contributed by atoms with Gasteiger partial charge in [-0.1, -0.05) is 30.3 Å². The number of aryl methyl sites for hydroxylation is 1. The molecule has 0 saturated heterocycles. The first-order valence-corrected chi connectivity index (χ1v) is 6.86. The third-order valence-electron chi connectivity index (χ3n) is 3.25. The monoisotopic (exact) mass is 293 g/mol. The number of anilines is 2. The fourth-order valence-electron chi connectivity index (χ4n) is 2.27. The van der Waals surface area contributed by atoms with Crippen molar-refractivity contribution < 1.29 is 9.90 Å². The molecule has 110 valence electrons. The fourth-order valence-corrected chi connectivity index (χ4v) is 2.27. The van der Waals surface area contributed by atoms with Crippen LogP contribution in [0.25, 0.3) is 5.69 Å². The number of hydrogen-bond acceptors (Lipinski definition) is 3. The molecule has 0 aliphatic carbocycles. The molecule has 1 heterocycles. The number of nitrogens with one attached hydrogen (secondary N) is 1. The molecule has 22 heavy (non-hydrogen) atoms. The normalized spacial score (nSPS) is 10.4. The van der Waals surface area contributed by atoms with Gasteiger partial charge in [0.25, 0.3) is 0 Å². The zero-order valence-corrected chi connectivity index (χ0v) is 12.0. The molecule has 0 spiro atoms. The second-order valence-corrected chi connectivity index (χ2v) is 4.89. The number of aromatic carboxylic acids is 1. The van der Waals surface area contributed by atoms with Crippen LogP contribution in [0.3, 0.4) is 0 Å². The lowest BCUT2D eigenvalue weighted by molar-refractivity contribution is 0.0698. The van der Waals surface area contributed by atoms with E-state index in [2.05, 4.69) is 10.4 Å². The van der Waals surface area contributed by atoms with Crippen molar-refractivity contribution in [3.05, 3.63) is 71.9 Å². The van der Waals surface area contributed by atoms with Crippen LogP contribution in [0.15, 0.2) is 60.7 Å². The second kappa shape index (κ2) is 5.73. The Kier molecular flexibility index (Phi) is 3.62. The first kappa shape index (κ1) is 13.9. The van der Waals surface area contributed by atoms with Crippen LogP contribution in [0.2, 0.25) is 0 Å². The highest BCUT2D eigenvalue weighted by Gasteiger charge is 2.12. The van der Waals surface area contributed by atoms with E-state index in [1.54, 1.807) is 28.9 Å². The maximum absolute atomic E-state index is 11.3. The van der Waals surface area contributed by atoms with Gasteiger partial charge < -0.3 is 10.4 Å². The molecule has 1 aromatic heterocycles. The van der Waals surface area contributed by atoms with Crippen LogP contribution in [-0.4, -0.2) is 20.9 Å². The van der Waals surface area contributed by atoms with Crippen LogP contribution in [0.1, 0.15) is 16.1 Å². The van der Waals surface area contributed by atoms with Crippen LogP contribution in [-0.2, 0) is 0 Å². The van der Waals surface area contributed by atoms with Gasteiger partial charge in [0.1, 0.15) is 5.82 Å². The minimum Gasteiger partial charge on any atom is -0.478 e. The van der Waals surface area contributed by atoms with Gasteiger partial charge in [-0.15, -0.1) is 0 Å². The predicted molar refractivity (Wildman–Crippen MR) is 85.0 cm³/mol. The molecule has 0 fully saturated rings. The van der Waals surface area contributed by atoms with Crippen LogP contribution in [0.5, 0.6) is 0 Å².